The fourth-order valence-electron chi connectivity index (χ4n) is 3.10. The molecule has 0 aliphatic carbocycles. The lowest BCUT2D eigenvalue weighted by atomic mass is 9.96. The van der Waals surface area contributed by atoms with Crippen molar-refractivity contribution in [2.24, 2.45) is 5.92 Å². The number of piperidine rings is 1. The Hall–Kier alpha value is -1.10. The van der Waals surface area contributed by atoms with Crippen LogP contribution in [0.1, 0.15) is 39.0 Å². The molecule has 0 saturated carbocycles. The highest BCUT2D eigenvalue weighted by atomic mass is 16.2. The van der Waals surface area contributed by atoms with Crippen LogP contribution in [0.3, 0.4) is 0 Å². The molecular formula is C14H25N3O2. The summed E-state index contributed by atoms with van der Waals surface area (Å²) in [6.07, 6.45) is 5.26. The summed E-state index contributed by atoms with van der Waals surface area (Å²) < 4.78 is 0. The lowest BCUT2D eigenvalue weighted by molar-refractivity contribution is -0.136. The Bertz CT molecular complexity index is 327. The molecule has 108 valence electrons. The van der Waals surface area contributed by atoms with E-state index >= 15 is 0 Å². The van der Waals surface area contributed by atoms with Crippen LogP contribution in [0.5, 0.6) is 0 Å². The van der Waals surface area contributed by atoms with Crippen LogP contribution in [0, 0.1) is 5.92 Å². The van der Waals surface area contributed by atoms with Crippen LogP contribution in [0.15, 0.2) is 0 Å². The molecule has 2 heterocycles. The predicted octanol–water partition coefficient (Wildman–Crippen LogP) is 0.503. The predicted molar refractivity (Wildman–Crippen MR) is 73.6 cm³/mol. The van der Waals surface area contributed by atoms with Gasteiger partial charge in [0.15, 0.2) is 0 Å². The number of rotatable bonds is 4. The summed E-state index contributed by atoms with van der Waals surface area (Å²) in [7, 11) is 0. The van der Waals surface area contributed by atoms with Crippen LogP contribution in [0.25, 0.3) is 0 Å². The van der Waals surface area contributed by atoms with Gasteiger partial charge < -0.3 is 15.5 Å². The van der Waals surface area contributed by atoms with E-state index in [-0.39, 0.29) is 17.9 Å². The monoisotopic (exact) mass is 267 g/mol. The number of nitrogens with zero attached hydrogens (tertiary/aromatic N) is 1. The molecule has 0 aromatic rings. The van der Waals surface area contributed by atoms with Gasteiger partial charge in [-0.2, -0.15) is 0 Å². The molecule has 0 aromatic carbocycles. The third-order valence-corrected chi connectivity index (χ3v) is 4.21. The molecular weight excluding hydrogens is 242 g/mol. The van der Waals surface area contributed by atoms with Gasteiger partial charge in [-0.25, -0.2) is 0 Å². The van der Waals surface area contributed by atoms with Crippen LogP contribution in [0.2, 0.25) is 0 Å². The number of likely N-dealkylation sites (tertiary alicyclic amines) is 1. The lowest BCUT2D eigenvalue weighted by Gasteiger charge is -2.24. The molecule has 0 radical (unpaired) electrons. The standard InChI is InChI=1S/C14H25N3O2/c1-11(18)17-9-3-5-13(17)14(19)16-8-6-12-4-2-7-15-10-12/h12-13,15H,2-10H2,1H3,(H,16,19). The average molecular weight is 267 g/mol. The first-order valence-electron chi connectivity index (χ1n) is 7.44. The highest BCUT2D eigenvalue weighted by Gasteiger charge is 2.32. The van der Waals surface area contributed by atoms with E-state index in [1.165, 1.54) is 12.8 Å². The van der Waals surface area contributed by atoms with Crippen LogP contribution >= 0.6 is 0 Å². The Labute approximate surface area is 115 Å². The zero-order valence-electron chi connectivity index (χ0n) is 11.8. The molecule has 19 heavy (non-hydrogen) atoms. The molecule has 2 unspecified atom stereocenters. The maximum Gasteiger partial charge on any atom is 0.242 e. The van der Waals surface area contributed by atoms with E-state index in [0.717, 1.165) is 45.4 Å². The van der Waals surface area contributed by atoms with Gasteiger partial charge in [0, 0.05) is 20.0 Å². The molecule has 0 spiro atoms. The summed E-state index contributed by atoms with van der Waals surface area (Å²) in [6.45, 7) is 5.18. The molecule has 2 aliphatic rings. The van der Waals surface area contributed by atoms with Crippen LogP contribution in [-0.4, -0.2) is 48.9 Å². The van der Waals surface area contributed by atoms with Crippen LogP contribution in [0.4, 0.5) is 0 Å². The van der Waals surface area contributed by atoms with Crippen molar-refractivity contribution < 1.29 is 9.59 Å². The fraction of sp³-hybridized carbons (Fsp3) is 0.857. The molecule has 2 fully saturated rings. The van der Waals surface area contributed by atoms with Gasteiger partial charge in [0.05, 0.1) is 0 Å². The van der Waals surface area contributed by atoms with E-state index in [9.17, 15) is 9.59 Å². The number of hydrogen-bond donors (Lipinski definition) is 2. The third-order valence-electron chi connectivity index (χ3n) is 4.21. The molecule has 0 aromatic heterocycles. The number of nitrogens with one attached hydrogen (secondary N) is 2. The van der Waals surface area contributed by atoms with Crippen molar-refractivity contribution in [3.63, 3.8) is 0 Å². The maximum absolute atomic E-state index is 12.1. The van der Waals surface area contributed by atoms with E-state index in [2.05, 4.69) is 10.6 Å². The maximum atomic E-state index is 12.1. The summed E-state index contributed by atoms with van der Waals surface area (Å²) in [5.74, 6) is 0.715. The van der Waals surface area contributed by atoms with Gasteiger partial charge in [-0.1, -0.05) is 0 Å². The van der Waals surface area contributed by atoms with Crippen molar-refractivity contribution in [3.05, 3.63) is 0 Å². The van der Waals surface area contributed by atoms with Crippen molar-refractivity contribution in [2.45, 2.75) is 45.1 Å². The first-order chi connectivity index (χ1) is 9.18. The highest BCUT2D eigenvalue weighted by Crippen LogP contribution is 2.17. The Morgan fingerprint density at radius 2 is 2.16 bits per heavy atom. The Morgan fingerprint density at radius 3 is 2.84 bits per heavy atom. The lowest BCUT2D eigenvalue weighted by Crippen LogP contribution is -2.45. The summed E-state index contributed by atoms with van der Waals surface area (Å²) in [5.41, 5.74) is 0. The second kappa shape index (κ2) is 6.89. The zero-order chi connectivity index (χ0) is 13.7. The van der Waals surface area contributed by atoms with Crippen molar-refractivity contribution in [3.8, 4) is 0 Å². The van der Waals surface area contributed by atoms with Crippen molar-refractivity contribution in [2.75, 3.05) is 26.2 Å². The normalized spacial score (nSPS) is 27.3. The van der Waals surface area contributed by atoms with Gasteiger partial charge in [-0.05, 0) is 51.1 Å². The minimum absolute atomic E-state index is 0.00845. The minimum Gasteiger partial charge on any atom is -0.354 e. The third kappa shape index (κ3) is 3.93. The Balaban J connectivity index is 1.70. The molecule has 5 nitrogen and oxygen atoms in total. The summed E-state index contributed by atoms with van der Waals surface area (Å²) >= 11 is 0. The SMILES string of the molecule is CC(=O)N1CCCC1C(=O)NCCC1CCCNC1. The highest BCUT2D eigenvalue weighted by molar-refractivity contribution is 5.87. The summed E-state index contributed by atoms with van der Waals surface area (Å²) in [4.78, 5) is 25.2. The van der Waals surface area contributed by atoms with Gasteiger partial charge in [-0.15, -0.1) is 0 Å². The van der Waals surface area contributed by atoms with Gasteiger partial charge in [-0.3, -0.25) is 9.59 Å². The average Bonchev–Trinajstić information content (AvgIpc) is 2.89. The molecule has 2 N–H and O–H groups in total. The number of amides is 2. The second-order valence-electron chi connectivity index (χ2n) is 5.66. The molecule has 2 saturated heterocycles. The van der Waals surface area contributed by atoms with Gasteiger partial charge in [0.2, 0.25) is 11.8 Å². The molecule has 0 bridgehead atoms. The largest absolute Gasteiger partial charge is 0.354 e. The number of hydrogen-bond acceptors (Lipinski definition) is 3. The molecule has 5 heteroatoms. The molecule has 2 aliphatic heterocycles. The molecule has 2 atom stereocenters. The van der Waals surface area contributed by atoms with Gasteiger partial charge in [0.1, 0.15) is 6.04 Å². The minimum atomic E-state index is -0.234. The van der Waals surface area contributed by atoms with Crippen LogP contribution in [-0.2, 0) is 9.59 Å². The quantitative estimate of drug-likeness (QED) is 0.780. The Morgan fingerprint density at radius 1 is 1.32 bits per heavy atom. The first kappa shape index (κ1) is 14.3. The first-order valence-corrected chi connectivity index (χ1v) is 7.44. The van der Waals surface area contributed by atoms with Crippen molar-refractivity contribution in [1.29, 1.82) is 0 Å². The van der Waals surface area contributed by atoms with Gasteiger partial charge in [0.25, 0.3) is 0 Å². The van der Waals surface area contributed by atoms with Crippen molar-refractivity contribution in [1.82, 2.24) is 15.5 Å². The van der Waals surface area contributed by atoms with E-state index in [1.54, 1.807) is 11.8 Å². The van der Waals surface area contributed by atoms with Crippen molar-refractivity contribution >= 4 is 11.8 Å². The second-order valence-corrected chi connectivity index (χ2v) is 5.66. The van der Waals surface area contributed by atoms with E-state index in [1.807, 2.05) is 0 Å². The van der Waals surface area contributed by atoms with Crippen LogP contribution < -0.4 is 10.6 Å². The van der Waals surface area contributed by atoms with Gasteiger partial charge >= 0.3 is 0 Å². The molecule has 2 amide bonds. The number of carbonyl (C=O) groups excluding carboxylic acids is 2. The summed E-state index contributed by atoms with van der Waals surface area (Å²) in [6, 6.07) is -0.234. The zero-order valence-corrected chi connectivity index (χ0v) is 11.8. The Kier molecular flexibility index (Phi) is 5.19. The topological polar surface area (TPSA) is 61.4 Å². The number of carbonyl (C=O) groups is 2. The fourth-order valence-corrected chi connectivity index (χ4v) is 3.10. The molecule has 2 rings (SSSR count). The van der Waals surface area contributed by atoms with E-state index in [4.69, 9.17) is 0 Å². The van der Waals surface area contributed by atoms with E-state index < -0.39 is 0 Å². The smallest absolute Gasteiger partial charge is 0.242 e. The van der Waals surface area contributed by atoms with E-state index in [0.29, 0.717) is 5.92 Å². The summed E-state index contributed by atoms with van der Waals surface area (Å²) in [5, 5.41) is 6.38.